The van der Waals surface area contributed by atoms with E-state index in [1.807, 2.05) is 17.5 Å². The summed E-state index contributed by atoms with van der Waals surface area (Å²) in [6, 6.07) is 5.49. The maximum atomic E-state index is 12.1. The normalized spacial score (nSPS) is 17.4. The molecule has 1 saturated heterocycles. The smallest absolute Gasteiger partial charge is 0.253 e. The van der Waals surface area contributed by atoms with Gasteiger partial charge in [0, 0.05) is 17.5 Å². The summed E-state index contributed by atoms with van der Waals surface area (Å²) < 4.78 is 10.9. The highest BCUT2D eigenvalue weighted by molar-refractivity contribution is 7.09. The Morgan fingerprint density at radius 2 is 2.50 bits per heavy atom. The zero-order valence-electron chi connectivity index (χ0n) is 11.8. The van der Waals surface area contributed by atoms with E-state index in [-0.39, 0.29) is 12.0 Å². The number of pyridine rings is 1. The maximum absolute atomic E-state index is 12.1. The minimum Gasteiger partial charge on any atom is -0.471 e. The molecule has 5 nitrogen and oxygen atoms in total. The number of halogens is 1. The summed E-state index contributed by atoms with van der Waals surface area (Å²) in [4.78, 5) is 17.3. The Kier molecular flexibility index (Phi) is 4.92. The van der Waals surface area contributed by atoms with Crippen molar-refractivity contribution in [1.82, 2.24) is 10.3 Å². The third kappa shape index (κ3) is 3.76. The minimum absolute atomic E-state index is 0.0245. The molecule has 0 saturated carbocycles. The Morgan fingerprint density at radius 3 is 3.18 bits per heavy atom. The number of nitrogens with zero attached hydrogens (tertiary/aromatic N) is 1. The van der Waals surface area contributed by atoms with Gasteiger partial charge in [-0.15, -0.1) is 11.3 Å². The van der Waals surface area contributed by atoms with Crippen molar-refractivity contribution in [2.24, 2.45) is 0 Å². The van der Waals surface area contributed by atoms with Gasteiger partial charge in [0.2, 0.25) is 5.88 Å². The number of nitrogens with one attached hydrogen (secondary N) is 1. The average Bonchev–Trinajstić information content (AvgIpc) is 3.20. The van der Waals surface area contributed by atoms with E-state index in [4.69, 9.17) is 21.1 Å². The molecule has 1 amide bonds. The summed E-state index contributed by atoms with van der Waals surface area (Å²) in [5, 5.41) is 5.13. The molecule has 1 aliphatic rings. The van der Waals surface area contributed by atoms with Gasteiger partial charge in [-0.25, -0.2) is 4.98 Å². The van der Waals surface area contributed by atoms with Crippen LogP contribution >= 0.6 is 22.9 Å². The van der Waals surface area contributed by atoms with E-state index in [9.17, 15) is 4.79 Å². The SMILES string of the molecule is O=C(NCc1cccs1)c1cnc(OC2CCOC2)c(Cl)c1. The van der Waals surface area contributed by atoms with Gasteiger partial charge in [-0.05, 0) is 17.5 Å². The Labute approximate surface area is 137 Å². The van der Waals surface area contributed by atoms with Crippen molar-refractivity contribution in [1.29, 1.82) is 0 Å². The second-order valence-electron chi connectivity index (χ2n) is 4.88. The Balaban J connectivity index is 1.61. The molecule has 1 N–H and O–H groups in total. The highest BCUT2D eigenvalue weighted by atomic mass is 35.5. The predicted octanol–water partition coefficient (Wildman–Crippen LogP) is 2.89. The topological polar surface area (TPSA) is 60.5 Å². The van der Waals surface area contributed by atoms with Gasteiger partial charge < -0.3 is 14.8 Å². The molecule has 1 aliphatic heterocycles. The van der Waals surface area contributed by atoms with Crippen LogP contribution < -0.4 is 10.1 Å². The Hall–Kier alpha value is -1.63. The monoisotopic (exact) mass is 338 g/mol. The van der Waals surface area contributed by atoms with Crippen molar-refractivity contribution < 1.29 is 14.3 Å². The fourth-order valence-corrected chi connectivity index (χ4v) is 2.94. The summed E-state index contributed by atoms with van der Waals surface area (Å²) >= 11 is 7.74. The van der Waals surface area contributed by atoms with Crippen LogP contribution in [0.3, 0.4) is 0 Å². The van der Waals surface area contributed by atoms with Gasteiger partial charge in [-0.1, -0.05) is 17.7 Å². The van der Waals surface area contributed by atoms with E-state index in [0.29, 0.717) is 36.2 Å². The zero-order chi connectivity index (χ0) is 15.4. The van der Waals surface area contributed by atoms with Crippen LogP contribution in [0.2, 0.25) is 5.02 Å². The quantitative estimate of drug-likeness (QED) is 0.910. The number of amides is 1. The van der Waals surface area contributed by atoms with E-state index in [1.165, 1.54) is 6.20 Å². The summed E-state index contributed by atoms with van der Waals surface area (Å²) in [7, 11) is 0. The first-order valence-corrected chi connectivity index (χ1v) is 8.18. The lowest BCUT2D eigenvalue weighted by molar-refractivity contribution is 0.0950. The summed E-state index contributed by atoms with van der Waals surface area (Å²) in [5.41, 5.74) is 0.413. The van der Waals surface area contributed by atoms with Crippen molar-refractivity contribution in [2.45, 2.75) is 19.1 Å². The first kappa shape index (κ1) is 15.3. The summed E-state index contributed by atoms with van der Waals surface area (Å²) in [6.07, 6.45) is 2.27. The maximum Gasteiger partial charge on any atom is 0.253 e. The lowest BCUT2D eigenvalue weighted by Crippen LogP contribution is -2.23. The molecule has 116 valence electrons. The summed E-state index contributed by atoms with van der Waals surface area (Å²) in [6.45, 7) is 1.72. The minimum atomic E-state index is -0.210. The molecular formula is C15H15ClN2O3S. The zero-order valence-corrected chi connectivity index (χ0v) is 13.3. The van der Waals surface area contributed by atoms with Crippen molar-refractivity contribution in [3.05, 3.63) is 45.2 Å². The lowest BCUT2D eigenvalue weighted by Gasteiger charge is -2.12. The molecular weight excluding hydrogens is 324 g/mol. The standard InChI is InChI=1S/C15H15ClN2O3S/c16-13-6-10(14(19)17-8-12-2-1-5-22-12)7-18-15(13)21-11-3-4-20-9-11/h1-2,5-7,11H,3-4,8-9H2,(H,17,19). The van der Waals surface area contributed by atoms with Gasteiger partial charge in [0.15, 0.2) is 0 Å². The average molecular weight is 339 g/mol. The van der Waals surface area contributed by atoms with E-state index in [2.05, 4.69) is 10.3 Å². The van der Waals surface area contributed by atoms with Crippen LogP contribution in [0, 0.1) is 0 Å². The van der Waals surface area contributed by atoms with Crippen molar-refractivity contribution in [3.8, 4) is 5.88 Å². The molecule has 2 aromatic rings. The molecule has 0 spiro atoms. The van der Waals surface area contributed by atoms with Gasteiger partial charge in [0.05, 0.1) is 25.3 Å². The number of carbonyl (C=O) groups is 1. The highest BCUT2D eigenvalue weighted by Gasteiger charge is 2.20. The molecule has 2 aromatic heterocycles. The van der Waals surface area contributed by atoms with Crippen LogP contribution in [0.5, 0.6) is 5.88 Å². The fourth-order valence-electron chi connectivity index (χ4n) is 2.08. The molecule has 0 aliphatic carbocycles. The van der Waals surface area contributed by atoms with Crippen LogP contribution in [0.4, 0.5) is 0 Å². The molecule has 0 bridgehead atoms. The highest BCUT2D eigenvalue weighted by Crippen LogP contribution is 2.25. The number of rotatable bonds is 5. The molecule has 22 heavy (non-hydrogen) atoms. The van der Waals surface area contributed by atoms with Crippen molar-refractivity contribution in [3.63, 3.8) is 0 Å². The predicted molar refractivity (Wildman–Crippen MR) is 84.6 cm³/mol. The van der Waals surface area contributed by atoms with Gasteiger partial charge >= 0.3 is 0 Å². The number of thiophene rings is 1. The van der Waals surface area contributed by atoms with Crippen LogP contribution in [0.15, 0.2) is 29.8 Å². The molecule has 1 fully saturated rings. The molecule has 7 heteroatoms. The van der Waals surface area contributed by atoms with E-state index >= 15 is 0 Å². The third-order valence-corrected chi connectivity index (χ3v) is 4.39. The second kappa shape index (κ2) is 7.09. The number of carbonyl (C=O) groups excluding carboxylic acids is 1. The molecule has 3 rings (SSSR count). The summed E-state index contributed by atoms with van der Waals surface area (Å²) in [5.74, 6) is 0.130. The first-order chi connectivity index (χ1) is 10.7. The molecule has 1 atom stereocenters. The number of aromatic nitrogens is 1. The van der Waals surface area contributed by atoms with Gasteiger partial charge in [0.1, 0.15) is 11.1 Å². The molecule has 0 radical (unpaired) electrons. The molecule has 1 unspecified atom stereocenters. The largest absolute Gasteiger partial charge is 0.471 e. The number of ether oxygens (including phenoxy) is 2. The van der Waals surface area contributed by atoms with Gasteiger partial charge in [0.25, 0.3) is 5.91 Å². The second-order valence-corrected chi connectivity index (χ2v) is 6.32. The lowest BCUT2D eigenvalue weighted by atomic mass is 10.2. The van der Waals surface area contributed by atoms with Gasteiger partial charge in [-0.2, -0.15) is 0 Å². The van der Waals surface area contributed by atoms with E-state index < -0.39 is 0 Å². The van der Waals surface area contributed by atoms with Crippen molar-refractivity contribution in [2.75, 3.05) is 13.2 Å². The van der Waals surface area contributed by atoms with Gasteiger partial charge in [-0.3, -0.25) is 4.79 Å². The van der Waals surface area contributed by atoms with E-state index in [1.54, 1.807) is 17.4 Å². The Morgan fingerprint density at radius 1 is 1.59 bits per heavy atom. The fraction of sp³-hybridized carbons (Fsp3) is 0.333. The third-order valence-electron chi connectivity index (χ3n) is 3.24. The number of hydrogen-bond donors (Lipinski definition) is 1. The molecule has 0 aromatic carbocycles. The molecule has 3 heterocycles. The Bertz CT molecular complexity index is 642. The van der Waals surface area contributed by atoms with Crippen LogP contribution in [-0.2, 0) is 11.3 Å². The van der Waals surface area contributed by atoms with E-state index in [0.717, 1.165) is 11.3 Å². The first-order valence-electron chi connectivity index (χ1n) is 6.93. The van der Waals surface area contributed by atoms with Crippen LogP contribution in [-0.4, -0.2) is 30.2 Å². The van der Waals surface area contributed by atoms with Crippen molar-refractivity contribution >= 4 is 28.8 Å². The number of hydrogen-bond acceptors (Lipinski definition) is 5. The van der Waals surface area contributed by atoms with Crippen LogP contribution in [0.25, 0.3) is 0 Å². The van der Waals surface area contributed by atoms with Crippen LogP contribution in [0.1, 0.15) is 21.7 Å².